The van der Waals surface area contributed by atoms with E-state index in [1.807, 2.05) is 6.07 Å². The Balaban J connectivity index is 2.58. The van der Waals surface area contributed by atoms with Gasteiger partial charge in [0.05, 0.1) is 0 Å². The van der Waals surface area contributed by atoms with Gasteiger partial charge < -0.3 is 0 Å². The minimum atomic E-state index is 0.905. The van der Waals surface area contributed by atoms with Crippen LogP contribution in [0, 0.1) is 0 Å². The summed E-state index contributed by atoms with van der Waals surface area (Å²) in [5.74, 6) is 0. The zero-order valence-electron chi connectivity index (χ0n) is 7.38. The molecule has 0 bridgehead atoms. The highest BCUT2D eigenvalue weighted by Gasteiger charge is 2.13. The molecule has 0 unspecified atom stereocenters. The first-order valence-corrected chi connectivity index (χ1v) is 4.65. The van der Waals surface area contributed by atoms with Gasteiger partial charge in [0.25, 0.3) is 0 Å². The third kappa shape index (κ3) is 0.874. The van der Waals surface area contributed by atoms with Crippen LogP contribution in [-0.4, -0.2) is 7.85 Å². The normalized spacial score (nSPS) is 13.8. The lowest BCUT2D eigenvalue weighted by atomic mass is 9.88. The van der Waals surface area contributed by atoms with Crippen molar-refractivity contribution in [1.82, 2.24) is 0 Å². The molecule has 2 radical (unpaired) electrons. The maximum atomic E-state index is 5.92. The van der Waals surface area contributed by atoms with Crippen LogP contribution in [0.2, 0.25) is 0 Å². The van der Waals surface area contributed by atoms with Crippen molar-refractivity contribution in [1.29, 1.82) is 0 Å². The average molecular weight is 164 g/mol. The fourth-order valence-corrected chi connectivity index (χ4v) is 2.27. The van der Waals surface area contributed by atoms with Gasteiger partial charge in [-0.3, -0.25) is 0 Å². The first-order chi connectivity index (χ1) is 6.36. The number of aryl methyl sites for hydroxylation is 2. The third-order valence-corrected chi connectivity index (χ3v) is 2.91. The van der Waals surface area contributed by atoms with Gasteiger partial charge in [-0.25, -0.2) is 0 Å². The first kappa shape index (κ1) is 7.20. The summed E-state index contributed by atoms with van der Waals surface area (Å²) in [5.41, 5.74) is 3.82. The highest BCUT2D eigenvalue weighted by Crippen LogP contribution is 2.28. The van der Waals surface area contributed by atoms with E-state index in [-0.39, 0.29) is 0 Å². The van der Waals surface area contributed by atoms with Gasteiger partial charge in [0.1, 0.15) is 7.85 Å². The second-order valence-electron chi connectivity index (χ2n) is 3.65. The minimum Gasteiger partial charge on any atom is -0.0889 e. The first-order valence-electron chi connectivity index (χ1n) is 4.65. The largest absolute Gasteiger partial charge is 0.114 e. The molecule has 2 aromatic rings. The van der Waals surface area contributed by atoms with E-state index in [1.165, 1.54) is 34.7 Å². The van der Waals surface area contributed by atoms with Crippen LogP contribution in [-0.2, 0) is 12.8 Å². The Morgan fingerprint density at radius 3 is 2.54 bits per heavy atom. The average Bonchev–Trinajstić information content (AvgIpc) is 2.57. The predicted octanol–water partition coefficient (Wildman–Crippen LogP) is 1.73. The van der Waals surface area contributed by atoms with Crippen LogP contribution >= 0.6 is 0 Å². The lowest BCUT2D eigenvalue weighted by molar-refractivity contribution is 1.02. The SMILES string of the molecule is [B]c1ccc2c3c(cccc13)CC2. The van der Waals surface area contributed by atoms with Gasteiger partial charge in [-0.15, -0.1) is 0 Å². The van der Waals surface area contributed by atoms with Crippen LogP contribution in [0.1, 0.15) is 11.1 Å². The summed E-state index contributed by atoms with van der Waals surface area (Å²) < 4.78 is 0. The molecule has 60 valence electrons. The second-order valence-corrected chi connectivity index (χ2v) is 3.65. The van der Waals surface area contributed by atoms with E-state index in [4.69, 9.17) is 7.85 Å². The molecule has 1 heteroatoms. The zero-order valence-corrected chi connectivity index (χ0v) is 7.38. The molecule has 0 saturated carbocycles. The van der Waals surface area contributed by atoms with Gasteiger partial charge >= 0.3 is 0 Å². The van der Waals surface area contributed by atoms with E-state index in [9.17, 15) is 0 Å². The van der Waals surface area contributed by atoms with Crippen molar-refractivity contribution in [3.05, 3.63) is 41.5 Å². The predicted molar refractivity (Wildman–Crippen MR) is 56.7 cm³/mol. The molecule has 0 spiro atoms. The van der Waals surface area contributed by atoms with E-state index in [0.29, 0.717) is 0 Å². The summed E-state index contributed by atoms with van der Waals surface area (Å²) in [5, 5.41) is 2.63. The number of hydrogen-bond acceptors (Lipinski definition) is 0. The van der Waals surface area contributed by atoms with Crippen LogP contribution in [0.5, 0.6) is 0 Å². The van der Waals surface area contributed by atoms with Crippen molar-refractivity contribution in [2.75, 3.05) is 0 Å². The standard InChI is InChI=1S/C12H9B/c13-11-7-6-9-5-4-8-2-1-3-10(11)12(8)9/h1-3,6-7H,4-5H2. The van der Waals surface area contributed by atoms with Crippen molar-refractivity contribution >= 4 is 24.1 Å². The van der Waals surface area contributed by atoms with Crippen LogP contribution in [0.25, 0.3) is 10.8 Å². The van der Waals surface area contributed by atoms with Crippen molar-refractivity contribution < 1.29 is 0 Å². The van der Waals surface area contributed by atoms with Crippen LogP contribution in [0.4, 0.5) is 0 Å². The van der Waals surface area contributed by atoms with Crippen LogP contribution < -0.4 is 5.46 Å². The lowest BCUT2D eigenvalue weighted by Gasteiger charge is -2.04. The third-order valence-electron chi connectivity index (χ3n) is 2.91. The van der Waals surface area contributed by atoms with E-state index in [2.05, 4.69) is 24.3 Å². The van der Waals surface area contributed by atoms with Gasteiger partial charge in [0.15, 0.2) is 0 Å². The minimum absolute atomic E-state index is 0.905. The Labute approximate surface area is 79.0 Å². The van der Waals surface area contributed by atoms with Gasteiger partial charge in [0, 0.05) is 0 Å². The Bertz CT molecular complexity index is 475. The van der Waals surface area contributed by atoms with Gasteiger partial charge in [-0.05, 0) is 34.7 Å². The molecule has 0 fully saturated rings. The molecule has 0 N–H and O–H groups in total. The monoisotopic (exact) mass is 164 g/mol. The molecular formula is C12H9B. The van der Waals surface area contributed by atoms with Gasteiger partial charge in [-0.2, -0.15) is 0 Å². The van der Waals surface area contributed by atoms with Crippen molar-refractivity contribution in [3.63, 3.8) is 0 Å². The molecule has 1 aliphatic rings. The molecule has 0 heterocycles. The highest BCUT2D eigenvalue weighted by molar-refractivity contribution is 6.39. The van der Waals surface area contributed by atoms with Crippen molar-refractivity contribution in [2.24, 2.45) is 0 Å². The summed E-state index contributed by atoms with van der Waals surface area (Å²) in [7, 11) is 5.92. The fraction of sp³-hybridized carbons (Fsp3) is 0.167. The number of benzene rings is 2. The van der Waals surface area contributed by atoms with Crippen molar-refractivity contribution in [3.8, 4) is 0 Å². The molecule has 1 aliphatic carbocycles. The molecule has 0 atom stereocenters. The topological polar surface area (TPSA) is 0 Å². The Kier molecular flexibility index (Phi) is 1.32. The van der Waals surface area contributed by atoms with Crippen molar-refractivity contribution in [2.45, 2.75) is 12.8 Å². The van der Waals surface area contributed by atoms with E-state index in [0.717, 1.165) is 5.46 Å². The lowest BCUT2D eigenvalue weighted by Crippen LogP contribution is -2.03. The fourth-order valence-electron chi connectivity index (χ4n) is 2.27. The second kappa shape index (κ2) is 2.38. The zero-order chi connectivity index (χ0) is 8.84. The quantitative estimate of drug-likeness (QED) is 0.520. The summed E-state index contributed by atoms with van der Waals surface area (Å²) in [6.07, 6.45) is 2.35. The summed E-state index contributed by atoms with van der Waals surface area (Å²) in [6.45, 7) is 0. The van der Waals surface area contributed by atoms with E-state index in [1.54, 1.807) is 0 Å². The Hall–Kier alpha value is -1.24. The summed E-state index contributed by atoms with van der Waals surface area (Å²) in [6, 6.07) is 10.6. The summed E-state index contributed by atoms with van der Waals surface area (Å²) >= 11 is 0. The molecule has 0 aliphatic heterocycles. The van der Waals surface area contributed by atoms with Crippen LogP contribution in [0.15, 0.2) is 30.3 Å². The highest BCUT2D eigenvalue weighted by atomic mass is 14.2. The molecule has 3 rings (SSSR count). The molecule has 13 heavy (non-hydrogen) atoms. The van der Waals surface area contributed by atoms with E-state index >= 15 is 0 Å². The van der Waals surface area contributed by atoms with Crippen LogP contribution in [0.3, 0.4) is 0 Å². The number of hydrogen-bond donors (Lipinski definition) is 0. The molecule has 0 nitrogen and oxygen atoms in total. The molecule has 0 saturated heterocycles. The smallest absolute Gasteiger partial charge is 0.0889 e. The Morgan fingerprint density at radius 2 is 1.69 bits per heavy atom. The molecule has 2 aromatic carbocycles. The molecular weight excluding hydrogens is 155 g/mol. The summed E-state index contributed by atoms with van der Waals surface area (Å²) in [4.78, 5) is 0. The molecule has 0 amide bonds. The number of rotatable bonds is 0. The molecule has 0 aromatic heterocycles. The van der Waals surface area contributed by atoms with E-state index < -0.39 is 0 Å². The maximum absolute atomic E-state index is 5.92. The maximum Gasteiger partial charge on any atom is 0.114 e. The van der Waals surface area contributed by atoms with Gasteiger partial charge in [-0.1, -0.05) is 35.8 Å². The van der Waals surface area contributed by atoms with Gasteiger partial charge in [0.2, 0.25) is 0 Å². The Morgan fingerprint density at radius 1 is 0.923 bits per heavy atom.